The van der Waals surface area contributed by atoms with Crippen LogP contribution in [0.2, 0.25) is 0 Å². The number of carbonyl (C=O) groups excluding carboxylic acids is 1. The first kappa shape index (κ1) is 24.9. The summed E-state index contributed by atoms with van der Waals surface area (Å²) in [7, 11) is 4.09. The summed E-state index contributed by atoms with van der Waals surface area (Å²) in [6.45, 7) is 6.26. The van der Waals surface area contributed by atoms with E-state index in [0.29, 0.717) is 13.2 Å². The van der Waals surface area contributed by atoms with Gasteiger partial charge in [-0.3, -0.25) is 4.68 Å². The van der Waals surface area contributed by atoms with Gasteiger partial charge in [0.2, 0.25) is 0 Å². The van der Waals surface area contributed by atoms with Crippen LogP contribution in [0.25, 0.3) is 0 Å². The lowest BCUT2D eigenvalue weighted by atomic mass is 10.1. The van der Waals surface area contributed by atoms with Crippen molar-refractivity contribution in [1.29, 1.82) is 0 Å². The number of hydrogen-bond acceptors (Lipinski definition) is 5. The Balaban J connectivity index is 0.000000423. The van der Waals surface area contributed by atoms with Crippen LogP contribution in [-0.2, 0) is 22.6 Å². The van der Waals surface area contributed by atoms with Crippen molar-refractivity contribution in [1.82, 2.24) is 24.5 Å². The minimum atomic E-state index is -5.08. The highest BCUT2D eigenvalue weighted by Gasteiger charge is 2.38. The largest absolute Gasteiger partial charge is 0.490 e. The quantitative estimate of drug-likeness (QED) is 0.689. The van der Waals surface area contributed by atoms with Gasteiger partial charge in [0.05, 0.1) is 25.5 Å². The Hall–Kier alpha value is -2.34. The van der Waals surface area contributed by atoms with Gasteiger partial charge in [0.15, 0.2) is 0 Å². The summed E-state index contributed by atoms with van der Waals surface area (Å²) in [5.74, 6) is -2.48. The maximum Gasteiger partial charge on any atom is 0.490 e. The van der Waals surface area contributed by atoms with Crippen LogP contribution in [0.1, 0.15) is 18.5 Å². The van der Waals surface area contributed by atoms with Crippen molar-refractivity contribution in [3.8, 4) is 0 Å². The molecule has 1 saturated heterocycles. The number of carboxylic acids is 1. The van der Waals surface area contributed by atoms with Gasteiger partial charge in [-0.25, -0.2) is 9.59 Å². The number of hydrogen-bond donors (Lipinski definition) is 1. The van der Waals surface area contributed by atoms with Crippen molar-refractivity contribution in [3.05, 3.63) is 18.0 Å². The number of rotatable bonds is 5. The summed E-state index contributed by atoms with van der Waals surface area (Å²) >= 11 is 0. The number of aromatic nitrogens is 2. The lowest BCUT2D eigenvalue weighted by Crippen LogP contribution is -2.43. The van der Waals surface area contributed by atoms with Crippen LogP contribution < -0.4 is 0 Å². The molecule has 1 N–H and O–H groups in total. The third-order valence-electron chi connectivity index (χ3n) is 4.99. The van der Waals surface area contributed by atoms with E-state index >= 15 is 0 Å². The maximum atomic E-state index is 12.8. The summed E-state index contributed by atoms with van der Waals surface area (Å²) in [4.78, 5) is 27.8. The van der Waals surface area contributed by atoms with Crippen molar-refractivity contribution in [2.75, 3.05) is 53.5 Å². The molecule has 2 aliphatic rings. The minimum absolute atomic E-state index is 0.167. The Kier molecular flexibility index (Phi) is 9.11. The summed E-state index contributed by atoms with van der Waals surface area (Å²) in [6.07, 6.45) is -1.02. The van der Waals surface area contributed by atoms with Gasteiger partial charge < -0.3 is 24.5 Å². The maximum absolute atomic E-state index is 12.8. The molecule has 1 aromatic heterocycles. The molecule has 9 nitrogen and oxygen atoms in total. The SMILES string of the molecule is CN(C)CCOCC1CN(C(=O)N2CCCC2)Cc2ccnn2C1.O=C(O)C(F)(F)F. The standard InChI is InChI=1S/C17H29N5O2.C2HF3O2/c1-19(2)9-10-24-14-15-11-21(17(23)20-7-3-4-8-20)13-16-5-6-18-22(16)12-15;3-2(4,5)1(6)7/h5-6,15H,3-4,7-14H2,1-2H3;(H,6,7). The summed E-state index contributed by atoms with van der Waals surface area (Å²) in [5.41, 5.74) is 1.11. The molecule has 1 fully saturated rings. The highest BCUT2D eigenvalue weighted by atomic mass is 19.4. The van der Waals surface area contributed by atoms with E-state index < -0.39 is 12.1 Å². The Morgan fingerprint density at radius 2 is 1.87 bits per heavy atom. The van der Waals surface area contributed by atoms with Crippen LogP contribution in [0.15, 0.2) is 12.3 Å². The average Bonchev–Trinajstić information content (AvgIpc) is 3.33. The van der Waals surface area contributed by atoms with E-state index in [1.165, 1.54) is 0 Å². The molecule has 31 heavy (non-hydrogen) atoms. The van der Waals surface area contributed by atoms with Crippen molar-refractivity contribution in [3.63, 3.8) is 0 Å². The minimum Gasteiger partial charge on any atom is -0.475 e. The Bertz CT molecular complexity index is 720. The first-order chi connectivity index (χ1) is 14.6. The van der Waals surface area contributed by atoms with Gasteiger partial charge in [-0.05, 0) is 33.0 Å². The third-order valence-corrected chi connectivity index (χ3v) is 4.99. The number of fused-ring (bicyclic) bond motifs is 1. The fourth-order valence-corrected chi connectivity index (χ4v) is 3.39. The van der Waals surface area contributed by atoms with Crippen LogP contribution in [0.5, 0.6) is 0 Å². The molecule has 12 heteroatoms. The molecule has 2 amide bonds. The van der Waals surface area contributed by atoms with Crippen LogP contribution in [-0.4, -0.2) is 101 Å². The molecule has 3 heterocycles. The molecule has 1 atom stereocenters. The summed E-state index contributed by atoms with van der Waals surface area (Å²) < 4.78 is 39.6. The smallest absolute Gasteiger partial charge is 0.475 e. The van der Waals surface area contributed by atoms with Crippen LogP contribution in [0, 0.1) is 5.92 Å². The molecule has 0 spiro atoms. The molecule has 0 aliphatic carbocycles. The van der Waals surface area contributed by atoms with Crippen molar-refractivity contribution >= 4 is 12.0 Å². The predicted molar refractivity (Wildman–Crippen MR) is 105 cm³/mol. The molecule has 0 aromatic carbocycles. The van der Waals surface area contributed by atoms with Crippen molar-refractivity contribution < 1.29 is 32.6 Å². The fraction of sp³-hybridized carbons (Fsp3) is 0.737. The van der Waals surface area contributed by atoms with E-state index in [1.54, 1.807) is 0 Å². The number of likely N-dealkylation sites (N-methyl/N-ethyl adjacent to an activating group) is 1. The normalized spacial score (nSPS) is 19.0. The van der Waals surface area contributed by atoms with Crippen molar-refractivity contribution in [2.24, 2.45) is 5.92 Å². The number of halogens is 3. The van der Waals surface area contributed by atoms with E-state index in [0.717, 1.165) is 57.9 Å². The molecular weight excluding hydrogens is 419 g/mol. The number of urea groups is 1. The van der Waals surface area contributed by atoms with Gasteiger partial charge >= 0.3 is 18.2 Å². The van der Waals surface area contributed by atoms with E-state index in [9.17, 15) is 18.0 Å². The number of ether oxygens (including phenoxy) is 1. The van der Waals surface area contributed by atoms with E-state index in [2.05, 4.69) is 10.00 Å². The Labute approximate surface area is 179 Å². The number of alkyl halides is 3. The van der Waals surface area contributed by atoms with E-state index in [4.69, 9.17) is 14.6 Å². The molecule has 0 bridgehead atoms. The predicted octanol–water partition coefficient (Wildman–Crippen LogP) is 1.74. The Morgan fingerprint density at radius 1 is 1.23 bits per heavy atom. The first-order valence-corrected chi connectivity index (χ1v) is 10.1. The molecule has 1 unspecified atom stereocenters. The lowest BCUT2D eigenvalue weighted by Gasteiger charge is -2.28. The third kappa shape index (κ3) is 8.02. The first-order valence-electron chi connectivity index (χ1n) is 10.1. The van der Waals surface area contributed by atoms with Crippen LogP contribution >= 0.6 is 0 Å². The number of amides is 2. The fourth-order valence-electron chi connectivity index (χ4n) is 3.39. The second-order valence-electron chi connectivity index (χ2n) is 7.91. The van der Waals surface area contributed by atoms with E-state index in [-0.39, 0.29) is 11.9 Å². The van der Waals surface area contributed by atoms with Crippen molar-refractivity contribution in [2.45, 2.75) is 32.1 Å². The number of likely N-dealkylation sites (tertiary alicyclic amines) is 1. The number of nitrogens with zero attached hydrogens (tertiary/aromatic N) is 5. The molecule has 1 aromatic rings. The molecule has 3 rings (SSSR count). The van der Waals surface area contributed by atoms with Crippen LogP contribution in [0.3, 0.4) is 0 Å². The van der Waals surface area contributed by atoms with Gasteiger partial charge in [0, 0.05) is 44.8 Å². The van der Waals surface area contributed by atoms with Gasteiger partial charge in [0.1, 0.15) is 0 Å². The molecular formula is C19H30F3N5O4. The number of carbonyl (C=O) groups is 2. The molecule has 0 saturated carbocycles. The lowest BCUT2D eigenvalue weighted by molar-refractivity contribution is -0.192. The van der Waals surface area contributed by atoms with Gasteiger partial charge in [0.25, 0.3) is 0 Å². The highest BCUT2D eigenvalue weighted by molar-refractivity contribution is 5.74. The van der Waals surface area contributed by atoms with Gasteiger partial charge in [-0.15, -0.1) is 0 Å². The molecule has 0 radical (unpaired) electrons. The van der Waals surface area contributed by atoms with Gasteiger partial charge in [-0.1, -0.05) is 0 Å². The second-order valence-corrected chi connectivity index (χ2v) is 7.91. The summed E-state index contributed by atoms with van der Waals surface area (Å²) in [6, 6.07) is 2.18. The van der Waals surface area contributed by atoms with E-state index in [1.807, 2.05) is 40.8 Å². The second kappa shape index (κ2) is 11.3. The zero-order valence-corrected chi connectivity index (χ0v) is 17.8. The Morgan fingerprint density at radius 3 is 2.45 bits per heavy atom. The number of carboxylic acid groups (broad SMARTS) is 1. The topological polar surface area (TPSA) is 91.1 Å². The molecule has 2 aliphatic heterocycles. The highest BCUT2D eigenvalue weighted by Crippen LogP contribution is 2.19. The monoisotopic (exact) mass is 449 g/mol. The van der Waals surface area contributed by atoms with Crippen LogP contribution in [0.4, 0.5) is 18.0 Å². The van der Waals surface area contributed by atoms with Gasteiger partial charge in [-0.2, -0.15) is 18.3 Å². The molecule has 176 valence electrons. The number of aliphatic carboxylic acids is 1. The zero-order chi connectivity index (χ0) is 23.0. The zero-order valence-electron chi connectivity index (χ0n) is 17.8. The summed E-state index contributed by atoms with van der Waals surface area (Å²) in [5, 5.41) is 11.5. The average molecular weight is 449 g/mol.